The number of hydrogen-bond donors (Lipinski definition) is 1. The summed E-state index contributed by atoms with van der Waals surface area (Å²) < 4.78 is 11.9. The summed E-state index contributed by atoms with van der Waals surface area (Å²) in [6.45, 7) is 0. The molecule has 1 amide bonds. The summed E-state index contributed by atoms with van der Waals surface area (Å²) in [6.07, 6.45) is 0. The van der Waals surface area contributed by atoms with Crippen molar-refractivity contribution in [3.8, 4) is 11.5 Å². The van der Waals surface area contributed by atoms with Gasteiger partial charge in [0.1, 0.15) is 16.4 Å². The minimum absolute atomic E-state index is 0.265. The lowest BCUT2D eigenvalue weighted by Gasteiger charge is -2.11. The average Bonchev–Trinajstić information content (AvgIpc) is 3.07. The van der Waals surface area contributed by atoms with Crippen molar-refractivity contribution in [1.82, 2.24) is 9.38 Å². The highest BCUT2D eigenvalue weighted by atomic mass is 32.1. The van der Waals surface area contributed by atoms with Crippen LogP contribution in [0.15, 0.2) is 53.3 Å². The number of carbonyl (C=O) groups is 1. The van der Waals surface area contributed by atoms with Gasteiger partial charge in [-0.3, -0.25) is 14.0 Å². The molecule has 0 saturated carbocycles. The van der Waals surface area contributed by atoms with Gasteiger partial charge in [0.2, 0.25) is 0 Å². The third-order valence-corrected chi connectivity index (χ3v) is 5.07. The van der Waals surface area contributed by atoms with Crippen molar-refractivity contribution in [2.45, 2.75) is 0 Å². The van der Waals surface area contributed by atoms with E-state index in [1.807, 2.05) is 24.3 Å². The molecule has 7 nitrogen and oxygen atoms in total. The van der Waals surface area contributed by atoms with Gasteiger partial charge in [0.25, 0.3) is 11.5 Å². The van der Waals surface area contributed by atoms with Gasteiger partial charge in [0.15, 0.2) is 4.96 Å². The molecule has 4 rings (SSSR count). The lowest BCUT2D eigenvalue weighted by atomic mass is 10.2. The minimum atomic E-state index is -0.407. The number of ether oxygens (including phenoxy) is 2. The van der Waals surface area contributed by atoms with Crippen LogP contribution >= 0.6 is 11.3 Å². The third-order valence-electron chi connectivity index (χ3n) is 4.09. The molecule has 1 N–H and O–H groups in total. The zero-order chi connectivity index (χ0) is 19.0. The molecule has 0 fully saturated rings. The summed E-state index contributed by atoms with van der Waals surface area (Å²) in [7, 11) is 3.05. The molecule has 0 aliphatic heterocycles. The molecule has 0 bridgehead atoms. The van der Waals surface area contributed by atoms with Crippen molar-refractivity contribution in [2.75, 3.05) is 19.5 Å². The Balaban J connectivity index is 1.73. The fraction of sp³-hybridized carbons (Fsp3) is 0.105. The summed E-state index contributed by atoms with van der Waals surface area (Å²) >= 11 is 1.15. The number of hydrogen-bond acceptors (Lipinski definition) is 6. The van der Waals surface area contributed by atoms with E-state index >= 15 is 0 Å². The summed E-state index contributed by atoms with van der Waals surface area (Å²) in [5, 5.41) is 2.77. The Bertz CT molecular complexity index is 1230. The third kappa shape index (κ3) is 3.00. The van der Waals surface area contributed by atoms with Crippen LogP contribution < -0.4 is 20.3 Å². The number of fused-ring (bicyclic) bond motifs is 3. The first-order chi connectivity index (χ1) is 13.1. The lowest BCUT2D eigenvalue weighted by molar-refractivity contribution is 0.103. The first-order valence-electron chi connectivity index (χ1n) is 8.05. The van der Waals surface area contributed by atoms with Crippen LogP contribution in [0.3, 0.4) is 0 Å². The van der Waals surface area contributed by atoms with Crippen LogP contribution in [0.2, 0.25) is 0 Å². The molecule has 0 aliphatic rings. The molecule has 136 valence electrons. The van der Waals surface area contributed by atoms with E-state index in [9.17, 15) is 9.59 Å². The smallest absolute Gasteiger partial charge is 0.266 e. The standard InChI is InChI=1S/C19H15N3O4S/c1-25-11-7-8-13(15(9-11)26-2)20-18(24)16-10-17(23)22-14-6-4-3-5-12(14)21-19(22)27-16/h3-10H,1-2H3,(H,20,24). The van der Waals surface area contributed by atoms with Gasteiger partial charge in [0, 0.05) is 12.1 Å². The number of methoxy groups -OCH3 is 2. The molecule has 27 heavy (non-hydrogen) atoms. The molecular formula is C19H15N3O4S. The first kappa shape index (κ1) is 17.0. The molecule has 2 heterocycles. The molecule has 0 unspecified atom stereocenters. The summed E-state index contributed by atoms with van der Waals surface area (Å²) in [5.41, 5.74) is 1.61. The Morgan fingerprint density at radius 1 is 1.11 bits per heavy atom. The predicted octanol–water partition coefficient (Wildman–Crippen LogP) is 3.18. The molecular weight excluding hydrogens is 366 g/mol. The molecule has 0 atom stereocenters. The molecule has 0 saturated heterocycles. The number of nitrogens with zero attached hydrogens (tertiary/aromatic N) is 2. The van der Waals surface area contributed by atoms with Crippen molar-refractivity contribution in [2.24, 2.45) is 0 Å². The van der Waals surface area contributed by atoms with Gasteiger partial charge in [-0.25, -0.2) is 4.98 Å². The number of imidazole rings is 1. The van der Waals surface area contributed by atoms with E-state index in [1.165, 1.54) is 17.6 Å². The van der Waals surface area contributed by atoms with E-state index in [-0.39, 0.29) is 10.4 Å². The lowest BCUT2D eigenvalue weighted by Crippen LogP contribution is -2.17. The number of para-hydroxylation sites is 2. The SMILES string of the molecule is COc1ccc(NC(=O)c2cc(=O)n3c(nc4ccccc43)s2)c(OC)c1. The van der Waals surface area contributed by atoms with E-state index in [0.717, 1.165) is 16.9 Å². The zero-order valence-corrected chi connectivity index (χ0v) is 15.4. The first-order valence-corrected chi connectivity index (χ1v) is 8.87. The molecule has 4 aromatic rings. The second kappa shape index (κ2) is 6.73. The number of amides is 1. The van der Waals surface area contributed by atoms with Crippen molar-refractivity contribution in [1.29, 1.82) is 0 Å². The van der Waals surface area contributed by atoms with Gasteiger partial charge in [0.05, 0.1) is 30.9 Å². The van der Waals surface area contributed by atoms with Crippen LogP contribution in [0.25, 0.3) is 16.0 Å². The van der Waals surface area contributed by atoms with Crippen LogP contribution in [0, 0.1) is 0 Å². The largest absolute Gasteiger partial charge is 0.497 e. The quantitative estimate of drug-likeness (QED) is 0.587. The van der Waals surface area contributed by atoms with E-state index < -0.39 is 5.91 Å². The van der Waals surface area contributed by atoms with Crippen LogP contribution in [-0.2, 0) is 0 Å². The van der Waals surface area contributed by atoms with Crippen molar-refractivity contribution >= 4 is 38.9 Å². The molecule has 0 radical (unpaired) electrons. The Labute approximate surface area is 157 Å². The molecule has 8 heteroatoms. The number of carbonyl (C=O) groups excluding carboxylic acids is 1. The number of nitrogens with one attached hydrogen (secondary N) is 1. The normalized spacial score (nSPS) is 10.9. The summed E-state index contributed by atoms with van der Waals surface area (Å²) in [4.78, 5) is 30.4. The zero-order valence-electron chi connectivity index (χ0n) is 14.6. The monoisotopic (exact) mass is 381 g/mol. The van der Waals surface area contributed by atoms with Gasteiger partial charge >= 0.3 is 0 Å². The van der Waals surface area contributed by atoms with Crippen LogP contribution in [0.5, 0.6) is 11.5 Å². The van der Waals surface area contributed by atoms with Crippen LogP contribution in [0.4, 0.5) is 5.69 Å². The number of benzene rings is 2. The fourth-order valence-electron chi connectivity index (χ4n) is 2.79. The van der Waals surface area contributed by atoms with Gasteiger partial charge in [-0.1, -0.05) is 23.5 Å². The van der Waals surface area contributed by atoms with Crippen molar-refractivity contribution in [3.05, 3.63) is 63.8 Å². The van der Waals surface area contributed by atoms with E-state index in [1.54, 1.807) is 25.3 Å². The van der Waals surface area contributed by atoms with E-state index in [2.05, 4.69) is 10.3 Å². The number of rotatable bonds is 4. The highest BCUT2D eigenvalue weighted by Crippen LogP contribution is 2.30. The second-order valence-electron chi connectivity index (χ2n) is 5.69. The molecule has 0 spiro atoms. The number of anilines is 1. The van der Waals surface area contributed by atoms with E-state index in [0.29, 0.717) is 27.7 Å². The van der Waals surface area contributed by atoms with Gasteiger partial charge < -0.3 is 14.8 Å². The Kier molecular flexibility index (Phi) is 4.25. The van der Waals surface area contributed by atoms with Gasteiger partial charge in [-0.15, -0.1) is 0 Å². The molecule has 2 aromatic heterocycles. The van der Waals surface area contributed by atoms with Crippen LogP contribution in [-0.4, -0.2) is 29.5 Å². The van der Waals surface area contributed by atoms with Crippen LogP contribution in [0.1, 0.15) is 9.67 Å². The fourth-order valence-corrected chi connectivity index (χ4v) is 3.71. The molecule has 0 aliphatic carbocycles. The number of aromatic nitrogens is 2. The predicted molar refractivity (Wildman–Crippen MR) is 104 cm³/mol. The Hall–Kier alpha value is -3.39. The highest BCUT2D eigenvalue weighted by molar-refractivity contribution is 7.18. The minimum Gasteiger partial charge on any atom is -0.497 e. The maximum atomic E-state index is 12.7. The maximum absolute atomic E-state index is 12.7. The van der Waals surface area contributed by atoms with Crippen molar-refractivity contribution in [3.63, 3.8) is 0 Å². The van der Waals surface area contributed by atoms with Gasteiger partial charge in [-0.2, -0.15) is 0 Å². The summed E-state index contributed by atoms with van der Waals surface area (Å²) in [6, 6.07) is 13.7. The summed E-state index contributed by atoms with van der Waals surface area (Å²) in [5.74, 6) is 0.665. The Morgan fingerprint density at radius 3 is 2.70 bits per heavy atom. The van der Waals surface area contributed by atoms with Gasteiger partial charge in [-0.05, 0) is 24.3 Å². The average molecular weight is 381 g/mol. The topological polar surface area (TPSA) is 81.9 Å². The maximum Gasteiger partial charge on any atom is 0.266 e. The van der Waals surface area contributed by atoms with Crippen molar-refractivity contribution < 1.29 is 14.3 Å². The second-order valence-corrected chi connectivity index (χ2v) is 6.70. The van der Waals surface area contributed by atoms with E-state index in [4.69, 9.17) is 9.47 Å². The Morgan fingerprint density at radius 2 is 1.93 bits per heavy atom. The highest BCUT2D eigenvalue weighted by Gasteiger charge is 2.16. The molecule has 2 aromatic carbocycles.